The lowest BCUT2D eigenvalue weighted by Crippen LogP contribution is -2.15. The molecular formula is C14H12F2N2O. The highest BCUT2D eigenvalue weighted by atomic mass is 19.1. The van der Waals surface area contributed by atoms with Crippen LogP contribution >= 0.6 is 0 Å². The van der Waals surface area contributed by atoms with E-state index in [4.69, 9.17) is 5.73 Å². The first-order valence-electron chi connectivity index (χ1n) is 5.65. The van der Waals surface area contributed by atoms with E-state index in [9.17, 15) is 13.6 Å². The van der Waals surface area contributed by atoms with Gasteiger partial charge in [0.15, 0.2) is 0 Å². The molecule has 0 saturated heterocycles. The number of nitrogens with one attached hydrogen (secondary N) is 1. The summed E-state index contributed by atoms with van der Waals surface area (Å²) in [4.78, 5) is 11.2. The van der Waals surface area contributed by atoms with E-state index in [-0.39, 0.29) is 12.2 Å². The van der Waals surface area contributed by atoms with Gasteiger partial charge in [-0.3, -0.25) is 4.79 Å². The summed E-state index contributed by atoms with van der Waals surface area (Å²) in [5, 5.41) is 2.64. The Hall–Kier alpha value is -2.43. The maximum absolute atomic E-state index is 13.4. The lowest BCUT2D eigenvalue weighted by molar-refractivity contribution is 0.0999. The summed E-state index contributed by atoms with van der Waals surface area (Å²) in [6.07, 6.45) is 0. The molecule has 3 N–H and O–H groups in total. The van der Waals surface area contributed by atoms with Crippen molar-refractivity contribution in [1.29, 1.82) is 0 Å². The van der Waals surface area contributed by atoms with E-state index in [1.807, 2.05) is 0 Å². The minimum Gasteiger partial charge on any atom is -0.376 e. The number of rotatable bonds is 4. The molecule has 5 heteroatoms. The summed E-state index contributed by atoms with van der Waals surface area (Å²) in [5.74, 6) is -1.94. The van der Waals surface area contributed by atoms with Gasteiger partial charge in [-0.05, 0) is 23.8 Å². The average molecular weight is 262 g/mol. The van der Waals surface area contributed by atoms with Gasteiger partial charge in [0.2, 0.25) is 5.91 Å². The summed E-state index contributed by atoms with van der Waals surface area (Å²) in [6.45, 7) is 0.108. The molecule has 1 amide bonds. The van der Waals surface area contributed by atoms with E-state index in [2.05, 4.69) is 5.32 Å². The number of hydrogen-bond donors (Lipinski definition) is 2. The van der Waals surface area contributed by atoms with Crippen molar-refractivity contribution < 1.29 is 13.6 Å². The molecule has 3 nitrogen and oxygen atoms in total. The molecule has 0 fully saturated rings. The fourth-order valence-corrected chi connectivity index (χ4v) is 1.77. The molecule has 0 heterocycles. The van der Waals surface area contributed by atoms with Crippen LogP contribution in [0.5, 0.6) is 0 Å². The van der Waals surface area contributed by atoms with E-state index < -0.39 is 17.5 Å². The largest absolute Gasteiger partial charge is 0.376 e. The number of carbonyl (C=O) groups is 1. The van der Waals surface area contributed by atoms with Gasteiger partial charge in [0.05, 0.1) is 0 Å². The third-order valence-electron chi connectivity index (χ3n) is 2.70. The maximum Gasteiger partial charge on any atom is 0.249 e. The van der Waals surface area contributed by atoms with Gasteiger partial charge in [-0.15, -0.1) is 0 Å². The fraction of sp³-hybridized carbons (Fsp3) is 0.0714. The first kappa shape index (κ1) is 13.0. The average Bonchev–Trinajstić information content (AvgIpc) is 2.38. The predicted molar refractivity (Wildman–Crippen MR) is 68.6 cm³/mol. The highest BCUT2D eigenvalue weighted by Crippen LogP contribution is 2.19. The third-order valence-corrected chi connectivity index (χ3v) is 2.70. The smallest absolute Gasteiger partial charge is 0.249 e. The molecule has 0 aliphatic carbocycles. The summed E-state index contributed by atoms with van der Waals surface area (Å²) in [7, 11) is 0. The standard InChI is InChI=1S/C14H12F2N2O/c15-11-6-3-7-12(16)13(11)18-8-9-4-1-2-5-10(9)14(17)19/h1-7,18H,8H2,(H2,17,19). The fourth-order valence-electron chi connectivity index (χ4n) is 1.77. The van der Waals surface area contributed by atoms with Gasteiger partial charge < -0.3 is 11.1 Å². The Labute approximate surface area is 109 Å². The van der Waals surface area contributed by atoms with E-state index in [0.717, 1.165) is 12.1 Å². The quantitative estimate of drug-likeness (QED) is 0.890. The first-order chi connectivity index (χ1) is 9.09. The van der Waals surface area contributed by atoms with Crippen LogP contribution in [0.1, 0.15) is 15.9 Å². The zero-order valence-electron chi connectivity index (χ0n) is 9.99. The lowest BCUT2D eigenvalue weighted by atomic mass is 10.1. The number of carbonyl (C=O) groups excluding carboxylic acids is 1. The van der Waals surface area contributed by atoms with Crippen LogP contribution in [0.15, 0.2) is 42.5 Å². The van der Waals surface area contributed by atoms with Crippen LogP contribution in [-0.2, 0) is 6.54 Å². The molecule has 0 saturated carbocycles. The monoisotopic (exact) mass is 262 g/mol. The van der Waals surface area contributed by atoms with Gasteiger partial charge in [0, 0.05) is 12.1 Å². The van der Waals surface area contributed by atoms with Crippen LogP contribution in [0, 0.1) is 11.6 Å². The first-order valence-corrected chi connectivity index (χ1v) is 5.65. The topological polar surface area (TPSA) is 55.1 Å². The molecule has 19 heavy (non-hydrogen) atoms. The third kappa shape index (κ3) is 2.88. The van der Waals surface area contributed by atoms with Crippen LogP contribution < -0.4 is 11.1 Å². The van der Waals surface area contributed by atoms with Crippen molar-refractivity contribution in [2.24, 2.45) is 5.73 Å². The second kappa shape index (κ2) is 5.48. The predicted octanol–water partition coefficient (Wildman–Crippen LogP) is 2.68. The van der Waals surface area contributed by atoms with Crippen molar-refractivity contribution in [2.45, 2.75) is 6.54 Å². The van der Waals surface area contributed by atoms with E-state index >= 15 is 0 Å². The molecular weight excluding hydrogens is 250 g/mol. The minimum atomic E-state index is -0.684. The lowest BCUT2D eigenvalue weighted by Gasteiger charge is -2.10. The Kier molecular flexibility index (Phi) is 3.75. The molecule has 0 aliphatic heterocycles. The second-order valence-corrected chi connectivity index (χ2v) is 3.97. The van der Waals surface area contributed by atoms with Crippen LogP contribution in [0.25, 0.3) is 0 Å². The number of nitrogens with two attached hydrogens (primary N) is 1. The van der Waals surface area contributed by atoms with Gasteiger partial charge in [-0.1, -0.05) is 24.3 Å². The summed E-state index contributed by atoms with van der Waals surface area (Å²) < 4.78 is 26.8. The molecule has 98 valence electrons. The van der Waals surface area contributed by atoms with Crippen LogP contribution in [0.2, 0.25) is 0 Å². The van der Waals surface area contributed by atoms with Gasteiger partial charge in [0.25, 0.3) is 0 Å². The second-order valence-electron chi connectivity index (χ2n) is 3.97. The number of primary amides is 1. The van der Waals surface area contributed by atoms with Crippen LogP contribution in [0.3, 0.4) is 0 Å². The SMILES string of the molecule is NC(=O)c1ccccc1CNc1c(F)cccc1F. The number of amides is 1. The highest BCUT2D eigenvalue weighted by Gasteiger charge is 2.10. The molecule has 0 aromatic heterocycles. The number of halogens is 2. The van der Waals surface area contributed by atoms with Gasteiger partial charge in [0.1, 0.15) is 17.3 Å². The van der Waals surface area contributed by atoms with Crippen LogP contribution in [0.4, 0.5) is 14.5 Å². The number of para-hydroxylation sites is 1. The van der Waals surface area contributed by atoms with Crippen molar-refractivity contribution >= 4 is 11.6 Å². The molecule has 0 bridgehead atoms. The van der Waals surface area contributed by atoms with Gasteiger partial charge >= 0.3 is 0 Å². The Bertz CT molecular complexity index is 594. The van der Waals surface area contributed by atoms with Crippen molar-refractivity contribution in [3.63, 3.8) is 0 Å². The zero-order chi connectivity index (χ0) is 13.8. The molecule has 0 aliphatic rings. The van der Waals surface area contributed by atoms with Crippen molar-refractivity contribution in [3.8, 4) is 0 Å². The van der Waals surface area contributed by atoms with E-state index in [0.29, 0.717) is 11.1 Å². The summed E-state index contributed by atoms with van der Waals surface area (Å²) >= 11 is 0. The van der Waals surface area contributed by atoms with Gasteiger partial charge in [-0.2, -0.15) is 0 Å². The van der Waals surface area contributed by atoms with Gasteiger partial charge in [-0.25, -0.2) is 8.78 Å². The molecule has 0 unspecified atom stereocenters. The molecule has 0 spiro atoms. The molecule has 0 atom stereocenters. The number of anilines is 1. The van der Waals surface area contributed by atoms with E-state index in [1.54, 1.807) is 24.3 Å². The maximum atomic E-state index is 13.4. The molecule has 2 aromatic rings. The van der Waals surface area contributed by atoms with Crippen LogP contribution in [-0.4, -0.2) is 5.91 Å². The Morgan fingerprint density at radius 3 is 2.32 bits per heavy atom. The normalized spacial score (nSPS) is 10.2. The zero-order valence-corrected chi connectivity index (χ0v) is 9.99. The minimum absolute atomic E-state index is 0.108. The summed E-state index contributed by atoms with van der Waals surface area (Å²) in [5.41, 5.74) is 5.91. The number of hydrogen-bond acceptors (Lipinski definition) is 2. The van der Waals surface area contributed by atoms with E-state index in [1.165, 1.54) is 6.07 Å². The highest BCUT2D eigenvalue weighted by molar-refractivity contribution is 5.94. The number of benzene rings is 2. The summed E-state index contributed by atoms with van der Waals surface area (Å²) in [6, 6.07) is 10.2. The Balaban J connectivity index is 2.22. The molecule has 2 rings (SSSR count). The van der Waals surface area contributed by atoms with Crippen molar-refractivity contribution in [2.75, 3.05) is 5.32 Å². The molecule has 0 radical (unpaired) electrons. The Morgan fingerprint density at radius 2 is 1.68 bits per heavy atom. The van der Waals surface area contributed by atoms with Crippen molar-refractivity contribution in [3.05, 3.63) is 65.2 Å². The molecule has 2 aromatic carbocycles. The van der Waals surface area contributed by atoms with Crippen molar-refractivity contribution in [1.82, 2.24) is 0 Å². The Morgan fingerprint density at radius 1 is 1.05 bits per heavy atom.